The van der Waals surface area contributed by atoms with E-state index in [0.29, 0.717) is 24.3 Å². The number of amides is 4. The van der Waals surface area contributed by atoms with Crippen molar-refractivity contribution < 1.29 is 23.9 Å². The molecular formula is C24H31N7O5. The number of hydrogen-bond donors (Lipinski definition) is 6. The number of hydrogen-bond acceptors (Lipinski definition) is 6. The third-order valence-corrected chi connectivity index (χ3v) is 5.64. The van der Waals surface area contributed by atoms with E-state index in [1.54, 1.807) is 13.2 Å². The average molecular weight is 498 g/mol. The fraction of sp³-hybridized carbons (Fsp3) is 0.375. The zero-order valence-electron chi connectivity index (χ0n) is 20.0. The van der Waals surface area contributed by atoms with Crippen LogP contribution in [0.4, 0.5) is 5.69 Å². The third-order valence-electron chi connectivity index (χ3n) is 5.64. The van der Waals surface area contributed by atoms with Gasteiger partial charge in [0.05, 0.1) is 13.7 Å². The van der Waals surface area contributed by atoms with Crippen molar-refractivity contribution >= 4 is 46.0 Å². The molecule has 2 aromatic carbocycles. The molecular weight excluding hydrogens is 466 g/mol. The van der Waals surface area contributed by atoms with Gasteiger partial charge in [-0.05, 0) is 30.7 Å². The number of ether oxygens (including phenoxy) is 1. The summed E-state index contributed by atoms with van der Waals surface area (Å²) in [7, 11) is 1.55. The standard InChI is InChI=1S/C24H31N7O5/c1-36-19-12-15(11-14-5-2-3-6-16(14)19)29-23(35)17(7-4-10-27-24(25)26)31-21(33)13-28-22(34)18-8-9-20(32)30-18/h2-3,5-6,11-12,17-18H,4,7-10,13H2,1H3,(H,28,34)(H,29,35)(H,30,32)(H,31,33)(H4,25,26,27)/t17-,18-/m0/s1. The number of benzene rings is 2. The summed E-state index contributed by atoms with van der Waals surface area (Å²) in [5, 5.41) is 12.3. The molecule has 1 fully saturated rings. The fourth-order valence-electron chi connectivity index (χ4n) is 3.86. The highest BCUT2D eigenvalue weighted by atomic mass is 16.5. The summed E-state index contributed by atoms with van der Waals surface area (Å²) in [6, 6.07) is 9.53. The van der Waals surface area contributed by atoms with Crippen LogP contribution in [0.2, 0.25) is 0 Å². The Balaban J connectivity index is 1.65. The van der Waals surface area contributed by atoms with Crippen molar-refractivity contribution in [1.82, 2.24) is 16.0 Å². The van der Waals surface area contributed by atoms with E-state index in [1.165, 1.54) is 0 Å². The predicted octanol–water partition coefficient (Wildman–Crippen LogP) is -0.280. The second kappa shape index (κ2) is 12.4. The first kappa shape index (κ1) is 26.3. The summed E-state index contributed by atoms with van der Waals surface area (Å²) in [5.41, 5.74) is 11.2. The molecule has 2 aromatic rings. The molecule has 0 aliphatic carbocycles. The lowest BCUT2D eigenvalue weighted by molar-refractivity contribution is -0.129. The minimum atomic E-state index is -0.910. The van der Waals surface area contributed by atoms with E-state index in [1.807, 2.05) is 30.3 Å². The van der Waals surface area contributed by atoms with Gasteiger partial charge in [-0.15, -0.1) is 0 Å². The zero-order valence-corrected chi connectivity index (χ0v) is 20.0. The van der Waals surface area contributed by atoms with E-state index >= 15 is 0 Å². The van der Waals surface area contributed by atoms with Crippen LogP contribution in [0.1, 0.15) is 25.7 Å². The van der Waals surface area contributed by atoms with Gasteiger partial charge in [0.1, 0.15) is 17.8 Å². The lowest BCUT2D eigenvalue weighted by Gasteiger charge is -2.19. The third kappa shape index (κ3) is 7.32. The van der Waals surface area contributed by atoms with Crippen LogP contribution in [-0.4, -0.2) is 61.9 Å². The number of anilines is 1. The number of guanidine groups is 1. The van der Waals surface area contributed by atoms with Crippen molar-refractivity contribution in [3.63, 3.8) is 0 Å². The van der Waals surface area contributed by atoms with E-state index < -0.39 is 29.8 Å². The van der Waals surface area contributed by atoms with Gasteiger partial charge in [-0.1, -0.05) is 24.3 Å². The topological polar surface area (TPSA) is 190 Å². The van der Waals surface area contributed by atoms with E-state index in [0.717, 1.165) is 10.8 Å². The van der Waals surface area contributed by atoms with Gasteiger partial charge in [0.2, 0.25) is 23.6 Å². The Morgan fingerprint density at radius 2 is 2.00 bits per heavy atom. The molecule has 0 saturated carbocycles. The second-order valence-electron chi connectivity index (χ2n) is 8.33. The normalized spacial score (nSPS) is 15.5. The molecule has 0 radical (unpaired) electrons. The van der Waals surface area contributed by atoms with Gasteiger partial charge in [0, 0.05) is 30.1 Å². The molecule has 12 heteroatoms. The Morgan fingerprint density at radius 3 is 2.69 bits per heavy atom. The maximum Gasteiger partial charge on any atom is 0.246 e. The number of nitrogens with zero attached hydrogens (tertiary/aromatic N) is 1. The Labute approximate surface area is 208 Å². The summed E-state index contributed by atoms with van der Waals surface area (Å²) in [4.78, 5) is 53.0. The van der Waals surface area contributed by atoms with Crippen LogP contribution in [0.3, 0.4) is 0 Å². The number of carbonyl (C=O) groups excluding carboxylic acids is 4. The van der Waals surface area contributed by atoms with Gasteiger partial charge in [-0.25, -0.2) is 0 Å². The van der Waals surface area contributed by atoms with Gasteiger partial charge in [-0.3, -0.25) is 24.2 Å². The highest BCUT2D eigenvalue weighted by Gasteiger charge is 2.28. The van der Waals surface area contributed by atoms with Gasteiger partial charge < -0.3 is 37.5 Å². The summed E-state index contributed by atoms with van der Waals surface area (Å²) in [5.74, 6) is -1.12. The monoisotopic (exact) mass is 497 g/mol. The van der Waals surface area contributed by atoms with Crippen molar-refractivity contribution in [3.05, 3.63) is 36.4 Å². The summed E-state index contributed by atoms with van der Waals surface area (Å²) in [6.07, 6.45) is 1.32. The highest BCUT2D eigenvalue weighted by molar-refractivity contribution is 6.01. The maximum atomic E-state index is 13.1. The molecule has 2 atom stereocenters. The number of fused-ring (bicyclic) bond motifs is 1. The summed E-state index contributed by atoms with van der Waals surface area (Å²) in [6.45, 7) is -0.0590. The summed E-state index contributed by atoms with van der Waals surface area (Å²) < 4.78 is 5.45. The van der Waals surface area contributed by atoms with Crippen molar-refractivity contribution in [1.29, 1.82) is 0 Å². The summed E-state index contributed by atoms with van der Waals surface area (Å²) >= 11 is 0. The lowest BCUT2D eigenvalue weighted by atomic mass is 10.1. The Morgan fingerprint density at radius 1 is 1.22 bits per heavy atom. The zero-order chi connectivity index (χ0) is 26.1. The number of nitrogens with two attached hydrogens (primary N) is 2. The Bertz CT molecular complexity index is 1160. The molecule has 0 spiro atoms. The molecule has 1 saturated heterocycles. The van der Waals surface area contributed by atoms with Crippen LogP contribution >= 0.6 is 0 Å². The van der Waals surface area contributed by atoms with Crippen LogP contribution < -0.4 is 37.5 Å². The van der Waals surface area contributed by atoms with E-state index in [4.69, 9.17) is 16.2 Å². The van der Waals surface area contributed by atoms with Crippen LogP contribution in [0.15, 0.2) is 41.4 Å². The molecule has 0 bridgehead atoms. The number of aliphatic imine (C=N–C) groups is 1. The minimum absolute atomic E-state index is 0.0648. The van der Waals surface area contributed by atoms with Crippen molar-refractivity contribution in [2.45, 2.75) is 37.8 Å². The fourth-order valence-corrected chi connectivity index (χ4v) is 3.86. The van der Waals surface area contributed by atoms with Crippen molar-refractivity contribution in [2.24, 2.45) is 16.5 Å². The number of methoxy groups -OCH3 is 1. The quantitative estimate of drug-likeness (QED) is 0.140. The number of rotatable bonds is 11. The molecule has 1 heterocycles. The van der Waals surface area contributed by atoms with Crippen LogP contribution in [0.25, 0.3) is 10.8 Å². The Kier molecular flexibility index (Phi) is 9.03. The Hall–Kier alpha value is -4.35. The molecule has 36 heavy (non-hydrogen) atoms. The first-order valence-electron chi connectivity index (χ1n) is 11.6. The predicted molar refractivity (Wildman–Crippen MR) is 135 cm³/mol. The SMILES string of the molecule is COc1cc(NC(=O)[C@H](CCCN=C(N)N)NC(=O)CNC(=O)[C@@H]2CCC(=O)N2)cc2ccccc12. The molecule has 4 amide bonds. The molecule has 0 unspecified atom stereocenters. The van der Waals surface area contributed by atoms with Crippen LogP contribution in [0, 0.1) is 0 Å². The molecule has 0 aromatic heterocycles. The van der Waals surface area contributed by atoms with E-state index in [9.17, 15) is 19.2 Å². The largest absolute Gasteiger partial charge is 0.496 e. The van der Waals surface area contributed by atoms with Gasteiger partial charge >= 0.3 is 0 Å². The first-order valence-corrected chi connectivity index (χ1v) is 11.6. The van der Waals surface area contributed by atoms with Gasteiger partial charge in [-0.2, -0.15) is 0 Å². The minimum Gasteiger partial charge on any atom is -0.496 e. The van der Waals surface area contributed by atoms with E-state index in [2.05, 4.69) is 26.3 Å². The highest BCUT2D eigenvalue weighted by Crippen LogP contribution is 2.29. The first-order chi connectivity index (χ1) is 17.3. The van der Waals surface area contributed by atoms with Gasteiger partial charge in [0.15, 0.2) is 5.96 Å². The molecule has 12 nitrogen and oxygen atoms in total. The van der Waals surface area contributed by atoms with Crippen LogP contribution in [0.5, 0.6) is 5.75 Å². The number of carbonyl (C=O) groups is 4. The molecule has 192 valence electrons. The van der Waals surface area contributed by atoms with Gasteiger partial charge in [0.25, 0.3) is 0 Å². The average Bonchev–Trinajstić information content (AvgIpc) is 3.30. The second-order valence-corrected chi connectivity index (χ2v) is 8.33. The van der Waals surface area contributed by atoms with E-state index in [-0.39, 0.29) is 37.8 Å². The molecule has 3 rings (SSSR count). The molecule has 1 aliphatic rings. The van der Waals surface area contributed by atoms with Crippen molar-refractivity contribution in [3.8, 4) is 5.75 Å². The lowest BCUT2D eigenvalue weighted by Crippen LogP contribution is -2.49. The maximum absolute atomic E-state index is 13.1. The molecule has 8 N–H and O–H groups in total. The smallest absolute Gasteiger partial charge is 0.246 e. The van der Waals surface area contributed by atoms with Crippen LogP contribution in [-0.2, 0) is 19.2 Å². The molecule has 1 aliphatic heterocycles. The number of nitrogens with one attached hydrogen (secondary N) is 4. The van der Waals surface area contributed by atoms with Crippen molar-refractivity contribution in [2.75, 3.05) is 25.5 Å².